The number of amides is 4. The van der Waals surface area contributed by atoms with Gasteiger partial charge in [0.1, 0.15) is 6.10 Å². The Morgan fingerprint density at radius 3 is 2.18 bits per heavy atom. The van der Waals surface area contributed by atoms with Crippen LogP contribution in [0.4, 0.5) is 15.3 Å². The summed E-state index contributed by atoms with van der Waals surface area (Å²) < 4.78 is 5.78. The molecule has 1 N–H and O–H groups in total. The average Bonchev–Trinajstić information content (AvgIpc) is 3.64. The minimum atomic E-state index is -0.411. The first-order chi connectivity index (χ1) is 21.4. The largest absolute Gasteiger partial charge is 0.446 e. The predicted molar refractivity (Wildman–Crippen MR) is 173 cm³/mol. The number of rotatable bonds is 12. The zero-order valence-corrected chi connectivity index (χ0v) is 26.3. The number of urea groups is 1. The van der Waals surface area contributed by atoms with E-state index < -0.39 is 6.09 Å². The van der Waals surface area contributed by atoms with Crippen LogP contribution in [0, 0.1) is 0 Å². The van der Waals surface area contributed by atoms with E-state index in [2.05, 4.69) is 15.1 Å². The van der Waals surface area contributed by atoms with Crippen molar-refractivity contribution < 1.29 is 19.1 Å². The highest BCUT2D eigenvalue weighted by molar-refractivity contribution is 5.91. The second-order valence-electron chi connectivity index (χ2n) is 12.4. The summed E-state index contributed by atoms with van der Waals surface area (Å²) in [4.78, 5) is 48.4. The minimum absolute atomic E-state index is 0.00742. The fourth-order valence-corrected chi connectivity index (χ4v) is 6.67. The molecule has 10 nitrogen and oxygen atoms in total. The number of likely N-dealkylation sites (tertiary alicyclic amines) is 2. The van der Waals surface area contributed by atoms with Gasteiger partial charge >= 0.3 is 12.1 Å². The third-order valence-electron chi connectivity index (χ3n) is 9.10. The number of hydrogen-bond acceptors (Lipinski definition) is 6. The molecule has 0 aliphatic carbocycles. The van der Waals surface area contributed by atoms with Gasteiger partial charge in [-0.2, -0.15) is 0 Å². The van der Waals surface area contributed by atoms with E-state index in [0.717, 1.165) is 114 Å². The Kier molecular flexibility index (Phi) is 11.1. The Balaban J connectivity index is 0.961. The summed E-state index contributed by atoms with van der Waals surface area (Å²) in [5.74, 6) is 0.189. The maximum absolute atomic E-state index is 13.0. The molecular weight excluding hydrogens is 556 g/mol. The summed E-state index contributed by atoms with van der Waals surface area (Å²) in [6, 6.07) is 17.9. The average molecular weight is 605 g/mol. The number of para-hydroxylation sites is 1. The highest BCUT2D eigenvalue weighted by atomic mass is 16.6. The Labute approximate surface area is 261 Å². The van der Waals surface area contributed by atoms with Crippen molar-refractivity contribution in [2.75, 3.05) is 78.3 Å². The van der Waals surface area contributed by atoms with Gasteiger partial charge in [-0.3, -0.25) is 15.0 Å². The summed E-state index contributed by atoms with van der Waals surface area (Å²) in [5.41, 5.74) is 2.76. The zero-order chi connectivity index (χ0) is 30.9. The fourth-order valence-electron chi connectivity index (χ4n) is 6.67. The Morgan fingerprint density at radius 2 is 1.48 bits per heavy atom. The first-order valence-electron chi connectivity index (χ1n) is 16.2. The van der Waals surface area contributed by atoms with Crippen LogP contribution in [-0.4, -0.2) is 128 Å². The van der Waals surface area contributed by atoms with Crippen molar-refractivity contribution in [2.45, 2.75) is 50.7 Å². The van der Waals surface area contributed by atoms with Gasteiger partial charge < -0.3 is 24.3 Å². The molecule has 1 atom stereocenters. The van der Waals surface area contributed by atoms with Crippen LogP contribution in [0.5, 0.6) is 0 Å². The number of benzene rings is 2. The van der Waals surface area contributed by atoms with Crippen molar-refractivity contribution >= 4 is 23.7 Å². The molecule has 0 bridgehead atoms. The van der Waals surface area contributed by atoms with Gasteiger partial charge in [-0.05, 0) is 63.2 Å². The van der Waals surface area contributed by atoms with Crippen LogP contribution in [0.3, 0.4) is 0 Å². The van der Waals surface area contributed by atoms with Gasteiger partial charge in [0.25, 0.3) is 0 Å². The molecule has 44 heavy (non-hydrogen) atoms. The van der Waals surface area contributed by atoms with Gasteiger partial charge in [-0.1, -0.05) is 48.5 Å². The standard InChI is InChI=1S/C34H48N6O4/c1-36(2)32(41)31-15-8-19-38(31)20-10-22-40-26-25-39(34(40)43)21-9-18-37-23-16-28(17-24-37)44-33(42)35-30-14-7-6-13-29(30)27-11-4-3-5-12-27/h3-7,11-14,28,31H,8-10,15-26H2,1-2H3,(H,35,42). The van der Waals surface area contributed by atoms with Crippen molar-refractivity contribution in [2.24, 2.45) is 0 Å². The number of hydrogen-bond donors (Lipinski definition) is 1. The normalized spacial score (nSPS) is 19.9. The van der Waals surface area contributed by atoms with E-state index in [4.69, 9.17) is 4.74 Å². The van der Waals surface area contributed by atoms with Crippen LogP contribution in [0.15, 0.2) is 54.6 Å². The number of nitrogens with zero attached hydrogens (tertiary/aromatic N) is 5. The van der Waals surface area contributed by atoms with E-state index >= 15 is 0 Å². The molecule has 5 rings (SSSR count). The summed E-state index contributed by atoms with van der Waals surface area (Å²) in [6.07, 6.45) is 4.93. The van der Waals surface area contributed by atoms with Crippen molar-refractivity contribution in [3.05, 3.63) is 54.6 Å². The number of likely N-dealkylation sites (N-methyl/N-ethyl adjacent to an activating group) is 1. The summed E-state index contributed by atoms with van der Waals surface area (Å²) in [5, 5.41) is 2.94. The minimum Gasteiger partial charge on any atom is -0.446 e. The van der Waals surface area contributed by atoms with E-state index in [1.807, 2.05) is 78.5 Å². The molecular formula is C34H48N6O4. The van der Waals surface area contributed by atoms with Gasteiger partial charge in [-0.15, -0.1) is 0 Å². The smallest absolute Gasteiger partial charge is 0.411 e. The van der Waals surface area contributed by atoms with Gasteiger partial charge in [0.15, 0.2) is 0 Å². The number of piperidine rings is 1. The van der Waals surface area contributed by atoms with E-state index in [1.54, 1.807) is 4.90 Å². The lowest BCUT2D eigenvalue weighted by atomic mass is 10.0. The molecule has 0 saturated carbocycles. The highest BCUT2D eigenvalue weighted by Gasteiger charge is 2.32. The van der Waals surface area contributed by atoms with Crippen molar-refractivity contribution in [1.82, 2.24) is 24.5 Å². The van der Waals surface area contributed by atoms with Crippen molar-refractivity contribution in [1.29, 1.82) is 0 Å². The molecule has 2 aromatic carbocycles. The molecule has 3 fully saturated rings. The van der Waals surface area contributed by atoms with Gasteiger partial charge in [-0.25, -0.2) is 9.59 Å². The van der Waals surface area contributed by atoms with Crippen LogP contribution >= 0.6 is 0 Å². The molecule has 3 saturated heterocycles. The lowest BCUT2D eigenvalue weighted by molar-refractivity contribution is -0.133. The number of carbonyl (C=O) groups is 3. The topological polar surface area (TPSA) is 88.7 Å². The maximum atomic E-state index is 13.0. The molecule has 1 unspecified atom stereocenters. The van der Waals surface area contributed by atoms with E-state index in [-0.39, 0.29) is 24.1 Å². The second-order valence-corrected chi connectivity index (χ2v) is 12.4. The molecule has 0 radical (unpaired) electrons. The van der Waals surface area contributed by atoms with Gasteiger partial charge in [0, 0.05) is 65.5 Å². The molecule has 2 aromatic rings. The fraction of sp³-hybridized carbons (Fsp3) is 0.559. The van der Waals surface area contributed by atoms with E-state index in [9.17, 15) is 14.4 Å². The number of ether oxygens (including phenoxy) is 1. The van der Waals surface area contributed by atoms with Crippen molar-refractivity contribution in [3.8, 4) is 11.1 Å². The molecule has 4 amide bonds. The molecule has 3 aliphatic rings. The van der Waals surface area contributed by atoms with Gasteiger partial charge in [0.05, 0.1) is 11.7 Å². The van der Waals surface area contributed by atoms with Crippen LogP contribution in [-0.2, 0) is 9.53 Å². The molecule has 0 aromatic heterocycles. The van der Waals surface area contributed by atoms with Crippen molar-refractivity contribution in [3.63, 3.8) is 0 Å². The number of anilines is 1. The summed E-state index contributed by atoms with van der Waals surface area (Å²) in [6.45, 7) is 7.58. The maximum Gasteiger partial charge on any atom is 0.411 e. The Bertz CT molecular complexity index is 1250. The molecule has 3 aliphatic heterocycles. The summed E-state index contributed by atoms with van der Waals surface area (Å²) >= 11 is 0. The quantitative estimate of drug-likeness (QED) is 0.386. The highest BCUT2D eigenvalue weighted by Crippen LogP contribution is 2.28. The molecule has 0 spiro atoms. The lowest BCUT2D eigenvalue weighted by Gasteiger charge is -2.32. The van der Waals surface area contributed by atoms with Crippen LogP contribution in [0.1, 0.15) is 38.5 Å². The predicted octanol–water partition coefficient (Wildman–Crippen LogP) is 4.44. The third kappa shape index (κ3) is 8.30. The Morgan fingerprint density at radius 1 is 0.818 bits per heavy atom. The van der Waals surface area contributed by atoms with E-state index in [0.29, 0.717) is 0 Å². The Hall–Kier alpha value is -3.63. The first kappa shape index (κ1) is 31.8. The van der Waals surface area contributed by atoms with Gasteiger partial charge in [0.2, 0.25) is 5.91 Å². The molecule has 238 valence electrons. The lowest BCUT2D eigenvalue weighted by Crippen LogP contribution is -2.43. The summed E-state index contributed by atoms with van der Waals surface area (Å²) in [7, 11) is 3.64. The number of carbonyl (C=O) groups excluding carboxylic acids is 3. The first-order valence-corrected chi connectivity index (χ1v) is 16.2. The molecule has 10 heteroatoms. The monoisotopic (exact) mass is 604 g/mol. The third-order valence-corrected chi connectivity index (χ3v) is 9.10. The zero-order valence-electron chi connectivity index (χ0n) is 26.3. The SMILES string of the molecule is CN(C)C(=O)C1CCCN1CCCN1CCN(CCCN2CCC(OC(=O)Nc3ccccc3-c3ccccc3)CC2)C1=O. The van der Waals surface area contributed by atoms with Crippen LogP contribution in [0.2, 0.25) is 0 Å². The second kappa shape index (κ2) is 15.4. The van der Waals surface area contributed by atoms with E-state index in [1.165, 1.54) is 0 Å². The van der Waals surface area contributed by atoms with Crippen LogP contribution in [0.25, 0.3) is 11.1 Å². The number of nitrogens with one attached hydrogen (secondary N) is 1. The van der Waals surface area contributed by atoms with Crippen LogP contribution < -0.4 is 5.32 Å². The molecule has 3 heterocycles.